The van der Waals surface area contributed by atoms with Crippen LogP contribution in [-0.4, -0.2) is 44.2 Å². The van der Waals surface area contributed by atoms with Crippen molar-refractivity contribution in [1.82, 2.24) is 25.5 Å². The van der Waals surface area contributed by atoms with Gasteiger partial charge >= 0.3 is 0 Å². The Morgan fingerprint density at radius 2 is 1.92 bits per heavy atom. The molecule has 1 aromatic carbocycles. The van der Waals surface area contributed by atoms with Crippen LogP contribution in [-0.2, 0) is 16.1 Å². The van der Waals surface area contributed by atoms with Crippen molar-refractivity contribution in [3.05, 3.63) is 66.3 Å². The molecule has 4 aromatic rings. The Bertz CT molecular complexity index is 1350. The summed E-state index contributed by atoms with van der Waals surface area (Å²) in [5, 5.41) is 15.3. The quantitative estimate of drug-likeness (QED) is 0.362. The molecule has 37 heavy (non-hydrogen) atoms. The van der Waals surface area contributed by atoms with E-state index in [4.69, 9.17) is 13.6 Å². The van der Waals surface area contributed by atoms with Crippen molar-refractivity contribution in [3.63, 3.8) is 0 Å². The number of carbonyl (C=O) groups excluding carboxylic acids is 2. The monoisotopic (exact) mass is 506 g/mol. The minimum absolute atomic E-state index is 0.246. The zero-order valence-electron chi connectivity index (χ0n) is 21.5. The highest BCUT2D eigenvalue weighted by Crippen LogP contribution is 2.36. The Labute approximate surface area is 214 Å². The molecule has 1 N–H and O–H groups in total. The standard InChI is InChI=1S/C26H30N6O5/c1-6-35-19-11-8-7-10-18(19)32(23(20-12-9-15-36-20)25(34)27-26(3,4)5)22(33)16-31-29-24(28-30-31)21-14-13-17(2)37-21/h7-15,23H,6,16H2,1-5H3,(H,27,34)/t23-/m1/s1. The SMILES string of the molecule is CCOc1ccccc1N(C(=O)Cn1nnc(-c2ccc(C)o2)n1)[C@@H](C(=O)NC(C)(C)C)c1ccco1. The number of nitrogens with zero attached hydrogens (tertiary/aromatic N) is 5. The summed E-state index contributed by atoms with van der Waals surface area (Å²) in [4.78, 5) is 30.1. The number of tetrazole rings is 1. The first kappa shape index (κ1) is 25.7. The number of hydrogen-bond acceptors (Lipinski definition) is 8. The van der Waals surface area contributed by atoms with Crippen molar-refractivity contribution in [2.45, 2.75) is 52.7 Å². The van der Waals surface area contributed by atoms with Crippen LogP contribution in [0.15, 0.2) is 63.6 Å². The second-order valence-corrected chi connectivity index (χ2v) is 9.38. The fourth-order valence-electron chi connectivity index (χ4n) is 3.77. The van der Waals surface area contributed by atoms with Crippen molar-refractivity contribution in [2.75, 3.05) is 11.5 Å². The number of benzene rings is 1. The molecule has 2 amide bonds. The molecule has 0 aliphatic heterocycles. The molecular formula is C26H30N6O5. The van der Waals surface area contributed by atoms with Crippen LogP contribution in [0.3, 0.4) is 0 Å². The van der Waals surface area contributed by atoms with Crippen molar-refractivity contribution < 1.29 is 23.2 Å². The van der Waals surface area contributed by atoms with E-state index in [1.165, 1.54) is 11.2 Å². The van der Waals surface area contributed by atoms with Crippen LogP contribution in [0.5, 0.6) is 5.75 Å². The van der Waals surface area contributed by atoms with Crippen LogP contribution in [0.25, 0.3) is 11.6 Å². The van der Waals surface area contributed by atoms with Gasteiger partial charge in [-0.3, -0.25) is 14.5 Å². The Morgan fingerprint density at radius 1 is 1.14 bits per heavy atom. The molecule has 0 radical (unpaired) electrons. The van der Waals surface area contributed by atoms with E-state index >= 15 is 0 Å². The van der Waals surface area contributed by atoms with Gasteiger partial charge in [0.2, 0.25) is 5.82 Å². The van der Waals surface area contributed by atoms with Gasteiger partial charge in [-0.25, -0.2) is 0 Å². The van der Waals surface area contributed by atoms with Gasteiger partial charge < -0.3 is 18.9 Å². The maximum atomic E-state index is 13.9. The lowest BCUT2D eigenvalue weighted by Gasteiger charge is -2.33. The molecule has 0 fully saturated rings. The topological polar surface area (TPSA) is 129 Å². The van der Waals surface area contributed by atoms with Gasteiger partial charge in [0, 0.05) is 5.54 Å². The zero-order valence-corrected chi connectivity index (χ0v) is 21.5. The largest absolute Gasteiger partial charge is 0.492 e. The van der Waals surface area contributed by atoms with Crippen LogP contribution >= 0.6 is 0 Å². The number of ether oxygens (including phenoxy) is 1. The summed E-state index contributed by atoms with van der Waals surface area (Å²) in [6.07, 6.45) is 1.46. The third-order valence-corrected chi connectivity index (χ3v) is 5.20. The fourth-order valence-corrected chi connectivity index (χ4v) is 3.77. The lowest BCUT2D eigenvalue weighted by atomic mass is 10.1. The number of carbonyl (C=O) groups is 2. The molecule has 0 saturated carbocycles. The van der Waals surface area contributed by atoms with Gasteiger partial charge in [0.15, 0.2) is 11.8 Å². The molecule has 3 aromatic heterocycles. The predicted molar refractivity (Wildman–Crippen MR) is 135 cm³/mol. The number of aromatic nitrogens is 4. The Morgan fingerprint density at radius 3 is 2.57 bits per heavy atom. The van der Waals surface area contributed by atoms with Crippen LogP contribution in [0.2, 0.25) is 0 Å². The van der Waals surface area contributed by atoms with E-state index in [9.17, 15) is 9.59 Å². The summed E-state index contributed by atoms with van der Waals surface area (Å²) in [7, 11) is 0. The molecule has 4 rings (SSSR count). The lowest BCUT2D eigenvalue weighted by Crippen LogP contribution is -2.50. The average Bonchev–Trinajstić information content (AvgIpc) is 3.59. The van der Waals surface area contributed by atoms with Crippen molar-refractivity contribution in [1.29, 1.82) is 0 Å². The van der Waals surface area contributed by atoms with E-state index in [1.54, 1.807) is 48.5 Å². The van der Waals surface area contributed by atoms with Crippen LogP contribution in [0, 0.1) is 6.92 Å². The summed E-state index contributed by atoms with van der Waals surface area (Å²) in [6, 6.07) is 12.7. The molecule has 0 aliphatic carbocycles. The molecule has 0 spiro atoms. The number of nitrogens with one attached hydrogen (secondary N) is 1. The number of anilines is 1. The highest BCUT2D eigenvalue weighted by molar-refractivity contribution is 6.02. The molecule has 0 unspecified atom stereocenters. The van der Waals surface area contributed by atoms with E-state index in [1.807, 2.05) is 34.6 Å². The fraction of sp³-hybridized carbons (Fsp3) is 0.346. The highest BCUT2D eigenvalue weighted by atomic mass is 16.5. The summed E-state index contributed by atoms with van der Waals surface area (Å²) >= 11 is 0. The van der Waals surface area contributed by atoms with E-state index in [-0.39, 0.29) is 12.4 Å². The number of hydrogen-bond donors (Lipinski definition) is 1. The number of amides is 2. The number of rotatable bonds is 9. The van der Waals surface area contributed by atoms with E-state index in [2.05, 4.69) is 20.7 Å². The van der Waals surface area contributed by atoms with Gasteiger partial charge in [0.25, 0.3) is 11.8 Å². The molecule has 3 heterocycles. The first-order valence-corrected chi connectivity index (χ1v) is 11.9. The number of para-hydroxylation sites is 2. The molecule has 0 saturated heterocycles. The minimum atomic E-state index is -1.13. The summed E-state index contributed by atoms with van der Waals surface area (Å²) in [5.74, 6) is 1.23. The third-order valence-electron chi connectivity index (χ3n) is 5.20. The van der Waals surface area contributed by atoms with Crippen LogP contribution in [0.4, 0.5) is 5.69 Å². The molecule has 11 heteroatoms. The second kappa shape index (κ2) is 10.7. The van der Waals surface area contributed by atoms with Gasteiger partial charge in [-0.05, 0) is 76.2 Å². The maximum absolute atomic E-state index is 13.9. The predicted octanol–water partition coefficient (Wildman–Crippen LogP) is 3.92. The Hall–Kier alpha value is -4.41. The lowest BCUT2D eigenvalue weighted by molar-refractivity contribution is -0.128. The van der Waals surface area contributed by atoms with Crippen LogP contribution < -0.4 is 15.0 Å². The van der Waals surface area contributed by atoms with E-state index in [0.717, 1.165) is 4.80 Å². The Balaban J connectivity index is 1.75. The smallest absolute Gasteiger partial charge is 0.251 e. The highest BCUT2D eigenvalue weighted by Gasteiger charge is 2.38. The van der Waals surface area contributed by atoms with E-state index < -0.39 is 23.4 Å². The summed E-state index contributed by atoms with van der Waals surface area (Å²) < 4.78 is 17.0. The normalized spacial score (nSPS) is 12.2. The molecular weight excluding hydrogens is 476 g/mol. The first-order chi connectivity index (χ1) is 17.7. The molecule has 0 aliphatic rings. The second-order valence-electron chi connectivity index (χ2n) is 9.38. The zero-order chi connectivity index (χ0) is 26.6. The van der Waals surface area contributed by atoms with Gasteiger partial charge in [0.05, 0.1) is 18.6 Å². The molecule has 0 bridgehead atoms. The van der Waals surface area contributed by atoms with Crippen molar-refractivity contribution >= 4 is 17.5 Å². The van der Waals surface area contributed by atoms with Gasteiger partial charge in [-0.15, -0.1) is 10.2 Å². The third kappa shape index (κ3) is 6.05. The van der Waals surface area contributed by atoms with Gasteiger partial charge in [0.1, 0.15) is 23.8 Å². The molecule has 194 valence electrons. The number of furan rings is 2. The minimum Gasteiger partial charge on any atom is -0.492 e. The number of aryl methyl sites for hydroxylation is 1. The average molecular weight is 507 g/mol. The molecule has 1 atom stereocenters. The van der Waals surface area contributed by atoms with E-state index in [0.29, 0.717) is 35.3 Å². The van der Waals surface area contributed by atoms with Crippen molar-refractivity contribution in [2.24, 2.45) is 0 Å². The summed E-state index contributed by atoms with van der Waals surface area (Å²) in [5.41, 5.74) is -0.151. The van der Waals surface area contributed by atoms with Crippen molar-refractivity contribution in [3.8, 4) is 17.3 Å². The van der Waals surface area contributed by atoms with Gasteiger partial charge in [-0.1, -0.05) is 12.1 Å². The first-order valence-electron chi connectivity index (χ1n) is 11.9. The van der Waals surface area contributed by atoms with Gasteiger partial charge in [-0.2, -0.15) is 4.80 Å². The maximum Gasteiger partial charge on any atom is 0.251 e. The molecule has 11 nitrogen and oxygen atoms in total. The Kier molecular flexibility index (Phi) is 7.42. The summed E-state index contributed by atoms with van der Waals surface area (Å²) in [6.45, 7) is 9.31. The van der Waals surface area contributed by atoms with Crippen LogP contribution in [0.1, 0.15) is 45.3 Å².